The molecule has 2 aromatic carbocycles. The topological polar surface area (TPSA) is 21.6 Å². The molecule has 2 aromatic rings. The predicted octanol–water partition coefficient (Wildman–Crippen LogP) is 1.27. The van der Waals surface area contributed by atoms with Gasteiger partial charge in [-0.15, -0.1) is 29.0 Å². The summed E-state index contributed by atoms with van der Waals surface area (Å²) in [6.07, 6.45) is 16.3. The van der Waals surface area contributed by atoms with Crippen molar-refractivity contribution in [3.05, 3.63) is 93.0 Å². The Morgan fingerprint density at radius 3 is 2.96 bits per heavy atom. The molecule has 0 atom stereocenters. The third-order valence-electron chi connectivity index (χ3n) is 4.39. The summed E-state index contributed by atoms with van der Waals surface area (Å²) in [4.78, 5) is 4.44. The number of allylic oxidation sites excluding steroid dienone is 4. The molecule has 2 nitrogen and oxygen atoms in total. The summed E-state index contributed by atoms with van der Waals surface area (Å²) in [6.45, 7) is 0.708. The smallest absolute Gasteiger partial charge is 0.499 e. The SMILES string of the molecule is [C-]1=CC=C2N=c3ccccc3=C12.[C-]1=c2ccc3c(c2C=C1)OCC=3.[Ti+2]. The summed E-state index contributed by atoms with van der Waals surface area (Å²) in [5.41, 5.74) is 3.38. The van der Waals surface area contributed by atoms with Gasteiger partial charge in [0.1, 0.15) is 6.61 Å². The van der Waals surface area contributed by atoms with Crippen molar-refractivity contribution in [1.29, 1.82) is 0 Å². The van der Waals surface area contributed by atoms with E-state index < -0.39 is 0 Å². The fourth-order valence-electron chi connectivity index (χ4n) is 3.24. The molecule has 3 heteroatoms. The van der Waals surface area contributed by atoms with Crippen LogP contribution < -0.4 is 25.8 Å². The van der Waals surface area contributed by atoms with E-state index in [-0.39, 0.29) is 21.7 Å². The van der Waals surface area contributed by atoms with E-state index in [0.29, 0.717) is 6.61 Å². The van der Waals surface area contributed by atoms with E-state index in [1.54, 1.807) is 0 Å². The fraction of sp³-hybridized carbons (Fsp3) is 0.0455. The zero-order valence-electron chi connectivity index (χ0n) is 13.4. The minimum absolute atomic E-state index is 0. The second-order valence-corrected chi connectivity index (χ2v) is 5.80. The van der Waals surface area contributed by atoms with Gasteiger partial charge in [0.15, 0.2) is 0 Å². The zero-order valence-corrected chi connectivity index (χ0v) is 15.0. The van der Waals surface area contributed by atoms with Crippen LogP contribution in [0.2, 0.25) is 0 Å². The summed E-state index contributed by atoms with van der Waals surface area (Å²) < 4.78 is 5.49. The second kappa shape index (κ2) is 6.47. The molecule has 2 heterocycles. The maximum Gasteiger partial charge on any atom is 2.00 e. The summed E-state index contributed by atoms with van der Waals surface area (Å²) in [6, 6.07) is 12.3. The summed E-state index contributed by atoms with van der Waals surface area (Å²) in [5, 5.41) is 4.63. The van der Waals surface area contributed by atoms with E-state index in [0.717, 1.165) is 27.6 Å². The quantitative estimate of drug-likeness (QED) is 0.515. The first-order valence-corrected chi connectivity index (χ1v) is 7.95. The van der Waals surface area contributed by atoms with Gasteiger partial charge in [-0.2, -0.15) is 24.3 Å². The third-order valence-corrected chi connectivity index (χ3v) is 4.39. The summed E-state index contributed by atoms with van der Waals surface area (Å²) in [5.74, 6) is 1.02. The average molecular weight is 355 g/mol. The van der Waals surface area contributed by atoms with Gasteiger partial charge in [0, 0.05) is 5.36 Å². The van der Waals surface area contributed by atoms with Crippen LogP contribution in [0.3, 0.4) is 0 Å². The monoisotopic (exact) mass is 355 g/mol. The minimum atomic E-state index is 0. The minimum Gasteiger partial charge on any atom is -0.499 e. The number of para-hydroxylation sites is 1. The van der Waals surface area contributed by atoms with Crippen molar-refractivity contribution >= 4 is 23.8 Å². The van der Waals surface area contributed by atoms with E-state index in [9.17, 15) is 0 Å². The van der Waals surface area contributed by atoms with Gasteiger partial charge in [0.05, 0.1) is 5.75 Å². The molecule has 25 heavy (non-hydrogen) atoms. The normalized spacial score (nSPS) is 15.8. The van der Waals surface area contributed by atoms with E-state index >= 15 is 0 Å². The molecule has 0 bridgehead atoms. The molecule has 2 aliphatic heterocycles. The first kappa shape index (κ1) is 16.1. The Kier molecular flexibility index (Phi) is 4.16. The van der Waals surface area contributed by atoms with Crippen LogP contribution >= 0.6 is 0 Å². The maximum atomic E-state index is 5.49. The molecule has 116 valence electrons. The van der Waals surface area contributed by atoms with Crippen molar-refractivity contribution in [1.82, 2.24) is 0 Å². The molecule has 4 aliphatic rings. The van der Waals surface area contributed by atoms with Crippen molar-refractivity contribution < 1.29 is 26.5 Å². The van der Waals surface area contributed by atoms with Gasteiger partial charge in [0.2, 0.25) is 0 Å². The van der Waals surface area contributed by atoms with Crippen LogP contribution in [0, 0.1) is 6.08 Å². The van der Waals surface area contributed by atoms with Crippen LogP contribution in [0.15, 0.2) is 65.3 Å². The number of fused-ring (bicyclic) bond motifs is 5. The third kappa shape index (κ3) is 2.68. The van der Waals surface area contributed by atoms with Crippen LogP contribution in [0.1, 0.15) is 5.56 Å². The average Bonchev–Trinajstić information content (AvgIpc) is 3.36. The Morgan fingerprint density at radius 1 is 1.08 bits per heavy atom. The first-order chi connectivity index (χ1) is 11.9. The molecule has 0 N–H and O–H groups in total. The van der Waals surface area contributed by atoms with Crippen LogP contribution in [0.5, 0.6) is 5.75 Å². The molecule has 0 amide bonds. The number of benzene rings is 2. The Labute approximate surface area is 160 Å². The van der Waals surface area contributed by atoms with Crippen LogP contribution in [0.25, 0.3) is 23.8 Å². The Hall–Kier alpha value is -2.42. The Bertz CT molecular complexity index is 1200. The summed E-state index contributed by atoms with van der Waals surface area (Å²) >= 11 is 0. The van der Waals surface area contributed by atoms with Crippen LogP contribution in [-0.4, -0.2) is 6.61 Å². The van der Waals surface area contributed by atoms with Gasteiger partial charge >= 0.3 is 21.7 Å². The van der Waals surface area contributed by atoms with Gasteiger partial charge in [-0.05, 0) is 17.4 Å². The van der Waals surface area contributed by atoms with E-state index in [2.05, 4.69) is 41.4 Å². The van der Waals surface area contributed by atoms with E-state index in [1.807, 2.05) is 42.5 Å². The van der Waals surface area contributed by atoms with Gasteiger partial charge in [-0.1, -0.05) is 40.7 Å². The number of hydrogen-bond acceptors (Lipinski definition) is 2. The predicted molar refractivity (Wildman–Crippen MR) is 94.6 cm³/mol. The number of ether oxygens (including phenoxy) is 1. The molecule has 0 unspecified atom stereocenters. The van der Waals surface area contributed by atoms with Gasteiger partial charge in [-0.3, -0.25) is 0 Å². The molecule has 0 aromatic heterocycles. The molecule has 0 spiro atoms. The van der Waals surface area contributed by atoms with Gasteiger partial charge in [0.25, 0.3) is 0 Å². The fourth-order valence-corrected chi connectivity index (χ4v) is 3.24. The van der Waals surface area contributed by atoms with E-state index in [1.165, 1.54) is 16.0 Å². The number of hydrogen-bond donors (Lipinski definition) is 0. The van der Waals surface area contributed by atoms with Crippen LogP contribution in [0.4, 0.5) is 0 Å². The van der Waals surface area contributed by atoms with Crippen molar-refractivity contribution in [2.75, 3.05) is 6.61 Å². The second-order valence-electron chi connectivity index (χ2n) is 5.80. The first-order valence-electron chi connectivity index (χ1n) is 7.95. The molecular weight excluding hydrogens is 342 g/mol. The molecule has 0 saturated heterocycles. The maximum absolute atomic E-state index is 5.49. The largest absolute Gasteiger partial charge is 2.00 e. The zero-order chi connectivity index (χ0) is 15.9. The molecule has 0 saturated carbocycles. The van der Waals surface area contributed by atoms with Crippen molar-refractivity contribution in [2.45, 2.75) is 0 Å². The van der Waals surface area contributed by atoms with E-state index in [4.69, 9.17) is 4.74 Å². The molecule has 6 rings (SSSR count). The molecular formula is C22H13NOTi. The number of rotatable bonds is 0. The number of nitrogens with zero attached hydrogens (tertiary/aromatic N) is 1. The molecule has 2 aliphatic carbocycles. The Balaban J connectivity index is 0.000000121. The standard InChI is InChI=1S/C11H6N.C11H7O.Ti/c1-2-6-10-8(4-1)9-5-3-7-11(9)12-10;1-2-8-4-5-9-6-7-12-11(9)10(8)3-1;/h1-4,6-7H;1,3-6H,7H2;/q2*-1;+2. The molecule has 0 fully saturated rings. The summed E-state index contributed by atoms with van der Waals surface area (Å²) in [7, 11) is 0. The van der Waals surface area contributed by atoms with Gasteiger partial charge in [-0.25, -0.2) is 0 Å². The Morgan fingerprint density at radius 2 is 2.00 bits per heavy atom. The van der Waals surface area contributed by atoms with Crippen LogP contribution in [-0.2, 0) is 21.7 Å². The van der Waals surface area contributed by atoms with Gasteiger partial charge < -0.3 is 9.73 Å². The van der Waals surface area contributed by atoms with Crippen molar-refractivity contribution in [3.8, 4) is 5.75 Å². The van der Waals surface area contributed by atoms with Crippen molar-refractivity contribution in [2.24, 2.45) is 4.99 Å². The van der Waals surface area contributed by atoms with Crippen molar-refractivity contribution in [3.63, 3.8) is 0 Å². The molecule has 0 radical (unpaired) electrons.